The fourth-order valence-electron chi connectivity index (χ4n) is 2.68. The van der Waals surface area contributed by atoms with E-state index < -0.39 is 0 Å². The van der Waals surface area contributed by atoms with E-state index in [1.807, 2.05) is 36.4 Å². The Morgan fingerprint density at radius 1 is 1.24 bits per heavy atom. The number of nitrogens with one attached hydrogen (secondary N) is 1. The Morgan fingerprint density at radius 3 is 2.43 bits per heavy atom. The van der Waals surface area contributed by atoms with Gasteiger partial charge in [-0.05, 0) is 44.5 Å². The van der Waals surface area contributed by atoms with Crippen molar-refractivity contribution in [2.45, 2.75) is 26.3 Å². The van der Waals surface area contributed by atoms with E-state index in [0.29, 0.717) is 5.56 Å². The van der Waals surface area contributed by atoms with Crippen molar-refractivity contribution >= 4 is 11.6 Å². The van der Waals surface area contributed by atoms with Gasteiger partial charge in [-0.3, -0.25) is 4.79 Å². The van der Waals surface area contributed by atoms with E-state index >= 15 is 0 Å². The summed E-state index contributed by atoms with van der Waals surface area (Å²) in [5.74, 6) is 0.106. The second-order valence-electron chi connectivity index (χ2n) is 5.36. The smallest absolute Gasteiger partial charge is 0.251 e. The highest BCUT2D eigenvalue weighted by atomic mass is 16.3. The summed E-state index contributed by atoms with van der Waals surface area (Å²) in [6.45, 7) is 6.29. The summed E-state index contributed by atoms with van der Waals surface area (Å²) >= 11 is 0. The molecule has 1 aromatic rings. The van der Waals surface area contributed by atoms with Crippen LogP contribution in [-0.2, 0) is 0 Å². The number of hydrogen-bond donors (Lipinski definition) is 2. The van der Waals surface area contributed by atoms with Crippen LogP contribution in [0.25, 0.3) is 0 Å². The highest BCUT2D eigenvalue weighted by Crippen LogP contribution is 2.18. The van der Waals surface area contributed by atoms with Gasteiger partial charge >= 0.3 is 0 Å². The fraction of sp³-hybridized carbons (Fsp3) is 0.471. The highest BCUT2D eigenvalue weighted by molar-refractivity contribution is 5.94. The zero-order valence-electron chi connectivity index (χ0n) is 12.7. The maximum atomic E-state index is 12.2. The van der Waals surface area contributed by atoms with Crippen LogP contribution in [0.15, 0.2) is 36.4 Å². The van der Waals surface area contributed by atoms with E-state index in [1.54, 1.807) is 0 Å². The number of hydrogen-bond acceptors (Lipinski definition) is 3. The summed E-state index contributed by atoms with van der Waals surface area (Å²) in [6.07, 6.45) is 4.71. The van der Waals surface area contributed by atoms with Gasteiger partial charge in [-0.15, -0.1) is 0 Å². The van der Waals surface area contributed by atoms with Crippen LogP contribution < -0.4 is 10.2 Å². The Kier molecular flexibility index (Phi) is 5.39. The summed E-state index contributed by atoms with van der Waals surface area (Å²) < 4.78 is 0. The predicted octanol–water partition coefficient (Wildman–Crippen LogP) is 2.20. The molecule has 0 radical (unpaired) electrons. The molecule has 2 N–H and O–H groups in total. The Hall–Kier alpha value is -1.81. The molecule has 0 heterocycles. The number of rotatable bonds is 6. The van der Waals surface area contributed by atoms with E-state index in [-0.39, 0.29) is 24.5 Å². The molecular formula is C17H24N2O2. The molecule has 0 spiro atoms. The van der Waals surface area contributed by atoms with Gasteiger partial charge in [0.05, 0.1) is 0 Å². The van der Waals surface area contributed by atoms with Crippen LogP contribution in [0.4, 0.5) is 5.69 Å². The number of aliphatic hydroxyl groups excluding tert-OH is 1. The standard InChI is InChI=1S/C17H24N2O2/c1-3-19(4-2)16-9-6-14(7-10-16)17(21)18-15-8-5-13(11-15)12-20/h5-10,13,15,20H,3-4,11-12H2,1-2H3,(H,18,21)/t13-,15+/m0/s1. The lowest BCUT2D eigenvalue weighted by molar-refractivity contribution is 0.0941. The third-order valence-corrected chi connectivity index (χ3v) is 3.98. The number of anilines is 1. The average molecular weight is 288 g/mol. The van der Waals surface area contributed by atoms with Crippen molar-refractivity contribution in [3.8, 4) is 0 Å². The molecule has 4 heteroatoms. The second-order valence-corrected chi connectivity index (χ2v) is 5.36. The Bertz CT molecular complexity index is 492. The van der Waals surface area contributed by atoms with E-state index in [1.165, 1.54) is 0 Å². The van der Waals surface area contributed by atoms with Crippen LogP contribution in [0.5, 0.6) is 0 Å². The molecule has 0 saturated heterocycles. The third-order valence-electron chi connectivity index (χ3n) is 3.98. The molecule has 114 valence electrons. The number of carbonyl (C=O) groups is 1. The molecule has 1 amide bonds. The SMILES string of the molecule is CCN(CC)c1ccc(C(=O)N[C@@H]2C=C[C@H](CO)C2)cc1. The van der Waals surface area contributed by atoms with Crippen molar-refractivity contribution in [2.75, 3.05) is 24.6 Å². The van der Waals surface area contributed by atoms with Crippen LogP contribution in [0.2, 0.25) is 0 Å². The number of aliphatic hydroxyl groups is 1. The molecule has 0 fully saturated rings. The molecule has 2 rings (SSSR count). The quantitative estimate of drug-likeness (QED) is 0.789. The molecule has 0 unspecified atom stereocenters. The van der Waals surface area contributed by atoms with Gasteiger partial charge < -0.3 is 15.3 Å². The molecule has 0 aromatic heterocycles. The van der Waals surface area contributed by atoms with E-state index in [4.69, 9.17) is 5.11 Å². The minimum absolute atomic E-state index is 0.0251. The highest BCUT2D eigenvalue weighted by Gasteiger charge is 2.20. The summed E-state index contributed by atoms with van der Waals surface area (Å²) in [5.41, 5.74) is 1.81. The van der Waals surface area contributed by atoms with Crippen LogP contribution in [0.1, 0.15) is 30.6 Å². The van der Waals surface area contributed by atoms with E-state index in [0.717, 1.165) is 25.2 Å². The van der Waals surface area contributed by atoms with Crippen molar-refractivity contribution in [3.05, 3.63) is 42.0 Å². The van der Waals surface area contributed by atoms with Gasteiger partial charge in [0.15, 0.2) is 0 Å². The summed E-state index contributed by atoms with van der Waals surface area (Å²) in [7, 11) is 0. The lowest BCUT2D eigenvalue weighted by atomic mass is 10.1. The minimum Gasteiger partial charge on any atom is -0.396 e. The molecule has 21 heavy (non-hydrogen) atoms. The molecule has 1 aliphatic carbocycles. The van der Waals surface area contributed by atoms with E-state index in [2.05, 4.69) is 24.1 Å². The number of benzene rings is 1. The largest absolute Gasteiger partial charge is 0.396 e. The Morgan fingerprint density at radius 2 is 1.90 bits per heavy atom. The van der Waals surface area contributed by atoms with Gasteiger partial charge in [-0.25, -0.2) is 0 Å². The molecule has 2 atom stereocenters. The van der Waals surface area contributed by atoms with Gasteiger partial charge in [0, 0.05) is 42.9 Å². The van der Waals surface area contributed by atoms with Gasteiger partial charge in [-0.1, -0.05) is 12.2 Å². The maximum Gasteiger partial charge on any atom is 0.251 e. The summed E-state index contributed by atoms with van der Waals surface area (Å²) in [6, 6.07) is 7.74. The second kappa shape index (κ2) is 7.27. The Balaban J connectivity index is 1.96. The van der Waals surface area contributed by atoms with Crippen molar-refractivity contribution in [3.63, 3.8) is 0 Å². The third kappa shape index (κ3) is 3.85. The van der Waals surface area contributed by atoms with Crippen LogP contribution in [0, 0.1) is 5.92 Å². The van der Waals surface area contributed by atoms with Crippen LogP contribution >= 0.6 is 0 Å². The summed E-state index contributed by atoms with van der Waals surface area (Å²) in [5, 5.41) is 12.1. The Labute approximate surface area is 126 Å². The molecule has 0 aliphatic heterocycles. The lowest BCUT2D eigenvalue weighted by Crippen LogP contribution is -2.33. The molecule has 4 nitrogen and oxygen atoms in total. The zero-order valence-corrected chi connectivity index (χ0v) is 12.7. The first-order valence-electron chi connectivity index (χ1n) is 7.63. The van der Waals surface area contributed by atoms with E-state index in [9.17, 15) is 4.79 Å². The van der Waals surface area contributed by atoms with Crippen LogP contribution in [0.3, 0.4) is 0 Å². The topological polar surface area (TPSA) is 52.6 Å². The minimum atomic E-state index is -0.0608. The predicted molar refractivity (Wildman–Crippen MR) is 85.6 cm³/mol. The first-order chi connectivity index (χ1) is 10.2. The molecular weight excluding hydrogens is 264 g/mol. The monoisotopic (exact) mass is 288 g/mol. The zero-order chi connectivity index (χ0) is 15.2. The van der Waals surface area contributed by atoms with Crippen molar-refractivity contribution in [1.82, 2.24) is 5.32 Å². The van der Waals surface area contributed by atoms with Crippen molar-refractivity contribution in [1.29, 1.82) is 0 Å². The molecule has 0 bridgehead atoms. The maximum absolute atomic E-state index is 12.2. The van der Waals surface area contributed by atoms with Crippen molar-refractivity contribution < 1.29 is 9.90 Å². The van der Waals surface area contributed by atoms with Gasteiger partial charge in [0.25, 0.3) is 5.91 Å². The van der Waals surface area contributed by atoms with Gasteiger partial charge in [-0.2, -0.15) is 0 Å². The first kappa shape index (κ1) is 15.6. The number of amides is 1. The normalized spacial score (nSPS) is 20.5. The number of nitrogens with zero attached hydrogens (tertiary/aromatic N) is 1. The molecule has 1 aliphatic rings. The molecule has 1 aromatic carbocycles. The fourth-order valence-corrected chi connectivity index (χ4v) is 2.68. The van der Waals surface area contributed by atoms with Gasteiger partial charge in [0.1, 0.15) is 0 Å². The van der Waals surface area contributed by atoms with Crippen molar-refractivity contribution in [2.24, 2.45) is 5.92 Å². The average Bonchev–Trinajstić information content (AvgIpc) is 2.97. The first-order valence-corrected chi connectivity index (χ1v) is 7.63. The molecule has 0 saturated carbocycles. The van der Waals surface area contributed by atoms with Gasteiger partial charge in [0.2, 0.25) is 0 Å². The number of carbonyl (C=O) groups excluding carboxylic acids is 1. The lowest BCUT2D eigenvalue weighted by Gasteiger charge is -2.21. The van der Waals surface area contributed by atoms with Crippen LogP contribution in [-0.4, -0.2) is 36.8 Å². The summed E-state index contributed by atoms with van der Waals surface area (Å²) in [4.78, 5) is 14.4.